The SMILES string of the molecule is CO/N=C(\C(=O)N[C@H]1C(=O)N(S(=O)(=O)[O-])[C@H]1C(C)=O)c1csc(N)n1.[Na+]. The molecule has 0 saturated carbocycles. The first-order chi connectivity index (χ1) is 11.6. The van der Waals surface area contributed by atoms with Crippen LogP contribution in [0.3, 0.4) is 0 Å². The van der Waals surface area contributed by atoms with Crippen molar-refractivity contribution in [2.75, 3.05) is 12.8 Å². The maximum atomic E-state index is 12.3. The van der Waals surface area contributed by atoms with Crippen LogP contribution < -0.4 is 40.6 Å². The second-order valence-corrected chi connectivity index (χ2v) is 6.93. The Balaban J connectivity index is 0.00000338. The molecule has 15 heteroatoms. The van der Waals surface area contributed by atoms with Crippen LogP contribution in [0.2, 0.25) is 0 Å². The maximum absolute atomic E-state index is 12.3. The van der Waals surface area contributed by atoms with Gasteiger partial charge in [0.15, 0.2) is 26.9 Å². The van der Waals surface area contributed by atoms with Crippen molar-refractivity contribution in [3.8, 4) is 0 Å². The summed E-state index contributed by atoms with van der Waals surface area (Å²) in [6.45, 7) is 0.986. The fourth-order valence-corrected chi connectivity index (χ4v) is 3.58. The molecule has 2 amide bonds. The van der Waals surface area contributed by atoms with Crippen molar-refractivity contribution in [3.63, 3.8) is 0 Å². The third-order valence-electron chi connectivity index (χ3n) is 3.16. The van der Waals surface area contributed by atoms with E-state index in [4.69, 9.17) is 5.73 Å². The van der Waals surface area contributed by atoms with Crippen molar-refractivity contribution < 1.29 is 61.7 Å². The Kier molecular flexibility index (Phi) is 7.26. The van der Waals surface area contributed by atoms with Gasteiger partial charge in [-0.2, -0.15) is 0 Å². The van der Waals surface area contributed by atoms with Gasteiger partial charge in [0, 0.05) is 5.38 Å². The Morgan fingerprint density at radius 1 is 1.50 bits per heavy atom. The molecule has 0 bridgehead atoms. The Hall–Kier alpha value is -1.58. The van der Waals surface area contributed by atoms with Crippen LogP contribution in [-0.4, -0.2) is 64.8 Å². The number of nitrogen functional groups attached to an aromatic ring is 1. The van der Waals surface area contributed by atoms with E-state index in [1.54, 1.807) is 0 Å². The van der Waals surface area contributed by atoms with Crippen molar-refractivity contribution in [1.29, 1.82) is 0 Å². The number of nitrogens with one attached hydrogen (secondary N) is 1. The first kappa shape index (κ1) is 22.5. The quantitative estimate of drug-likeness (QED) is 0.151. The number of carbonyl (C=O) groups is 3. The molecule has 1 saturated heterocycles. The second kappa shape index (κ2) is 8.41. The monoisotopic (exact) mass is 413 g/mol. The number of thiazole rings is 1. The number of nitrogens with zero attached hydrogens (tertiary/aromatic N) is 3. The number of nitrogens with two attached hydrogens (primary N) is 1. The largest absolute Gasteiger partial charge is 1.00 e. The van der Waals surface area contributed by atoms with Crippen LogP contribution in [0.5, 0.6) is 0 Å². The summed E-state index contributed by atoms with van der Waals surface area (Å²) in [5.74, 6) is -2.97. The molecule has 2 atom stereocenters. The van der Waals surface area contributed by atoms with Gasteiger partial charge in [-0.15, -0.1) is 11.3 Å². The van der Waals surface area contributed by atoms with Crippen molar-refractivity contribution in [3.05, 3.63) is 11.1 Å². The van der Waals surface area contributed by atoms with E-state index in [1.165, 1.54) is 12.5 Å². The average molecular weight is 413 g/mol. The molecule has 3 N–H and O–H groups in total. The zero-order valence-corrected chi connectivity index (χ0v) is 17.5. The number of aromatic nitrogens is 1. The fourth-order valence-electron chi connectivity index (χ4n) is 2.15. The Morgan fingerprint density at radius 3 is 2.54 bits per heavy atom. The molecular weight excluding hydrogens is 401 g/mol. The van der Waals surface area contributed by atoms with Crippen molar-refractivity contribution in [1.82, 2.24) is 14.6 Å². The summed E-state index contributed by atoms with van der Waals surface area (Å²) in [5.41, 5.74) is 5.19. The number of hydrogen-bond donors (Lipinski definition) is 2. The van der Waals surface area contributed by atoms with E-state index in [0.717, 1.165) is 18.3 Å². The Labute approximate surface area is 173 Å². The van der Waals surface area contributed by atoms with E-state index < -0.39 is 40.0 Å². The third kappa shape index (κ3) is 4.39. The summed E-state index contributed by atoms with van der Waals surface area (Å²) in [4.78, 5) is 44.1. The molecule has 2 rings (SSSR count). The zero-order chi connectivity index (χ0) is 18.9. The number of carbonyl (C=O) groups excluding carboxylic acids is 3. The molecule has 0 aromatic carbocycles. The minimum absolute atomic E-state index is 0. The van der Waals surface area contributed by atoms with Crippen LogP contribution in [0, 0.1) is 0 Å². The standard InChI is InChI=1S/C11H13N5O7S2.Na/c1-4(17)8-7(10(19)16(8)25(20,21)22)14-9(18)6(15-23-2)5-3-24-11(12)13-5;/h3,7-8H,1-2H3,(H2,12,13)(H,14,18)(H,20,21,22);/q;+1/p-1/b15-6-;/t7-,8+;/m1./s1. The van der Waals surface area contributed by atoms with Crippen LogP contribution in [0.4, 0.5) is 5.13 Å². The maximum Gasteiger partial charge on any atom is 1.00 e. The third-order valence-corrected chi connectivity index (χ3v) is 4.72. The first-order valence-corrected chi connectivity index (χ1v) is 8.75. The van der Waals surface area contributed by atoms with Gasteiger partial charge in [0.05, 0.1) is 0 Å². The molecule has 12 nitrogen and oxygen atoms in total. The van der Waals surface area contributed by atoms with Gasteiger partial charge >= 0.3 is 29.6 Å². The number of ketones is 1. The summed E-state index contributed by atoms with van der Waals surface area (Å²) >= 11 is 1.02. The molecule has 2 heterocycles. The molecule has 0 radical (unpaired) electrons. The molecule has 1 aliphatic heterocycles. The summed E-state index contributed by atoms with van der Waals surface area (Å²) in [6.07, 6.45) is 0. The molecule has 26 heavy (non-hydrogen) atoms. The van der Waals surface area contributed by atoms with Gasteiger partial charge in [-0.05, 0) is 6.92 Å². The van der Waals surface area contributed by atoms with E-state index >= 15 is 0 Å². The molecule has 136 valence electrons. The van der Waals surface area contributed by atoms with Crippen LogP contribution >= 0.6 is 11.3 Å². The van der Waals surface area contributed by atoms with Gasteiger partial charge in [0.25, 0.3) is 11.8 Å². The number of Topliss-reactive ketones (excluding diaryl/α,β-unsaturated/α-hetero) is 1. The van der Waals surface area contributed by atoms with Crippen molar-refractivity contribution in [2.45, 2.75) is 19.0 Å². The molecule has 0 spiro atoms. The van der Waals surface area contributed by atoms with Gasteiger partial charge in [0.1, 0.15) is 24.9 Å². The molecule has 0 aliphatic carbocycles. The molecule has 0 unspecified atom stereocenters. The second-order valence-electron chi connectivity index (χ2n) is 4.79. The predicted molar refractivity (Wildman–Crippen MR) is 83.0 cm³/mol. The fraction of sp³-hybridized carbons (Fsp3) is 0.364. The molecule has 1 aromatic heterocycles. The number of anilines is 1. The number of hydrogen-bond acceptors (Lipinski definition) is 11. The van der Waals surface area contributed by atoms with Gasteiger partial charge in [-0.3, -0.25) is 14.4 Å². The van der Waals surface area contributed by atoms with E-state index in [0.29, 0.717) is 0 Å². The summed E-state index contributed by atoms with van der Waals surface area (Å²) in [6, 6.07) is -3.14. The number of β-lactam (4-membered cyclic amide) rings is 1. The molecular formula is C11H12N5NaO7S2. The Morgan fingerprint density at radius 2 is 2.12 bits per heavy atom. The smallest absolute Gasteiger partial charge is 0.731 e. The van der Waals surface area contributed by atoms with Gasteiger partial charge in [0.2, 0.25) is 0 Å². The van der Waals surface area contributed by atoms with Crippen molar-refractivity contribution in [2.24, 2.45) is 5.16 Å². The minimum Gasteiger partial charge on any atom is -0.731 e. The van der Waals surface area contributed by atoms with E-state index in [-0.39, 0.29) is 50.4 Å². The van der Waals surface area contributed by atoms with Gasteiger partial charge in [-0.1, -0.05) is 5.16 Å². The summed E-state index contributed by atoms with van der Waals surface area (Å²) in [7, 11) is -4.01. The molecule has 1 aliphatic rings. The van der Waals surface area contributed by atoms with Crippen LogP contribution in [0.15, 0.2) is 10.5 Å². The van der Waals surface area contributed by atoms with Gasteiger partial charge < -0.3 is 20.4 Å². The normalized spacial score (nSPS) is 20.0. The number of amides is 2. The van der Waals surface area contributed by atoms with Crippen LogP contribution in [0.1, 0.15) is 12.6 Å². The van der Waals surface area contributed by atoms with E-state index in [2.05, 4.69) is 20.3 Å². The Bertz CT molecular complexity index is 868. The van der Waals surface area contributed by atoms with Crippen molar-refractivity contribution >= 4 is 50.1 Å². The average Bonchev–Trinajstić information content (AvgIpc) is 2.91. The van der Waals surface area contributed by atoms with Crippen LogP contribution in [0.25, 0.3) is 0 Å². The summed E-state index contributed by atoms with van der Waals surface area (Å²) in [5, 5.41) is 7.19. The predicted octanol–water partition coefficient (Wildman–Crippen LogP) is -5.18. The van der Waals surface area contributed by atoms with Gasteiger partial charge in [-0.25, -0.2) is 17.7 Å². The zero-order valence-electron chi connectivity index (χ0n) is 13.8. The topological polar surface area (TPSA) is 184 Å². The van der Waals surface area contributed by atoms with E-state index in [9.17, 15) is 27.4 Å². The molecule has 1 aromatic rings. The van der Waals surface area contributed by atoms with Crippen LogP contribution in [-0.2, 0) is 29.5 Å². The van der Waals surface area contributed by atoms with E-state index in [1.807, 2.05) is 0 Å². The molecule has 1 fully saturated rings. The summed E-state index contributed by atoms with van der Waals surface area (Å²) < 4.78 is 33.0. The minimum atomic E-state index is -5.18. The first-order valence-electron chi connectivity index (χ1n) is 6.50. The number of rotatable bonds is 6. The number of oxime groups is 1.